The average Bonchev–Trinajstić information content (AvgIpc) is 2.13. The maximum atomic E-state index is 12.8. The Hall–Kier alpha value is -0.450. The van der Waals surface area contributed by atoms with Crippen LogP contribution >= 0.6 is 15.9 Å². The zero-order valence-electron chi connectivity index (χ0n) is 7.22. The van der Waals surface area contributed by atoms with Crippen LogP contribution in [0.4, 0.5) is 4.39 Å². The second-order valence-corrected chi connectivity index (χ2v) is 3.55. The number of nitrogens with one attached hydrogen (secondary N) is 1. The van der Waals surface area contributed by atoms with Crippen LogP contribution in [-0.4, -0.2) is 18.8 Å². The molecule has 0 amide bonds. The van der Waals surface area contributed by atoms with Gasteiger partial charge >= 0.3 is 0 Å². The van der Waals surface area contributed by atoms with Crippen LogP contribution in [0.25, 0.3) is 0 Å². The van der Waals surface area contributed by atoms with E-state index in [9.17, 15) is 4.39 Å². The Morgan fingerprint density at radius 3 is 2.77 bits per heavy atom. The normalized spacial score (nSPS) is 12.9. The Kier molecular flexibility index (Phi) is 3.84. The number of benzene rings is 1. The van der Waals surface area contributed by atoms with Crippen molar-refractivity contribution in [2.45, 2.75) is 6.04 Å². The Bertz CT molecular complexity index is 289. The number of aliphatic hydroxyl groups excluding tert-OH is 1. The maximum absolute atomic E-state index is 12.8. The average molecular weight is 248 g/mol. The van der Waals surface area contributed by atoms with Gasteiger partial charge in [0, 0.05) is 0 Å². The van der Waals surface area contributed by atoms with Crippen LogP contribution < -0.4 is 5.32 Å². The Balaban J connectivity index is 2.95. The van der Waals surface area contributed by atoms with Crippen molar-refractivity contribution >= 4 is 15.9 Å². The standard InChI is InChI=1S/C9H11BrFNO/c1-12-9(5-13)6-2-3-8(11)7(10)4-6/h2-4,9,12-13H,5H2,1H3. The lowest BCUT2D eigenvalue weighted by atomic mass is 10.1. The Morgan fingerprint density at radius 1 is 1.62 bits per heavy atom. The summed E-state index contributed by atoms with van der Waals surface area (Å²) in [6.45, 7) is -0.00538. The van der Waals surface area contributed by atoms with Gasteiger partial charge in [-0.3, -0.25) is 0 Å². The van der Waals surface area contributed by atoms with E-state index < -0.39 is 0 Å². The van der Waals surface area contributed by atoms with E-state index in [0.29, 0.717) is 4.47 Å². The Morgan fingerprint density at radius 2 is 2.31 bits per heavy atom. The third kappa shape index (κ3) is 2.49. The molecule has 0 radical (unpaired) electrons. The molecule has 0 aliphatic rings. The first-order valence-corrected chi connectivity index (χ1v) is 4.71. The predicted molar refractivity (Wildman–Crippen MR) is 53.0 cm³/mol. The zero-order chi connectivity index (χ0) is 9.84. The third-order valence-corrected chi connectivity index (χ3v) is 2.48. The van der Waals surface area contributed by atoms with Crippen LogP contribution in [0.2, 0.25) is 0 Å². The molecule has 0 bridgehead atoms. The third-order valence-electron chi connectivity index (χ3n) is 1.88. The van der Waals surface area contributed by atoms with E-state index in [1.807, 2.05) is 0 Å². The zero-order valence-corrected chi connectivity index (χ0v) is 8.81. The minimum Gasteiger partial charge on any atom is -0.394 e. The smallest absolute Gasteiger partial charge is 0.137 e. The van der Waals surface area contributed by atoms with E-state index in [4.69, 9.17) is 5.11 Å². The molecule has 72 valence electrons. The first-order chi connectivity index (χ1) is 6.19. The van der Waals surface area contributed by atoms with Gasteiger partial charge in [0.2, 0.25) is 0 Å². The van der Waals surface area contributed by atoms with Crippen molar-refractivity contribution < 1.29 is 9.50 Å². The van der Waals surface area contributed by atoms with Gasteiger partial charge in [0.1, 0.15) is 5.82 Å². The second-order valence-electron chi connectivity index (χ2n) is 2.70. The minimum absolute atomic E-state index is 0.00538. The highest BCUT2D eigenvalue weighted by Crippen LogP contribution is 2.20. The summed E-state index contributed by atoms with van der Waals surface area (Å²) in [5.41, 5.74) is 0.860. The summed E-state index contributed by atoms with van der Waals surface area (Å²) in [6.07, 6.45) is 0. The van der Waals surface area contributed by atoms with Crippen LogP contribution in [0.15, 0.2) is 22.7 Å². The molecule has 1 aromatic rings. The van der Waals surface area contributed by atoms with Crippen molar-refractivity contribution in [3.63, 3.8) is 0 Å². The molecule has 0 fully saturated rings. The van der Waals surface area contributed by atoms with E-state index in [0.717, 1.165) is 5.56 Å². The van der Waals surface area contributed by atoms with E-state index in [-0.39, 0.29) is 18.5 Å². The molecule has 0 saturated carbocycles. The molecule has 4 heteroatoms. The van der Waals surface area contributed by atoms with E-state index in [1.165, 1.54) is 6.07 Å². The van der Waals surface area contributed by atoms with E-state index in [2.05, 4.69) is 21.2 Å². The number of hydrogen-bond acceptors (Lipinski definition) is 2. The van der Waals surface area contributed by atoms with Crippen LogP contribution in [0.5, 0.6) is 0 Å². The van der Waals surface area contributed by atoms with Gasteiger partial charge in [0.25, 0.3) is 0 Å². The van der Waals surface area contributed by atoms with Crippen molar-refractivity contribution in [2.75, 3.05) is 13.7 Å². The van der Waals surface area contributed by atoms with E-state index >= 15 is 0 Å². The molecular weight excluding hydrogens is 237 g/mol. The molecule has 1 atom stereocenters. The molecule has 0 spiro atoms. The van der Waals surface area contributed by atoms with Crippen molar-refractivity contribution in [1.82, 2.24) is 5.32 Å². The SMILES string of the molecule is CNC(CO)c1ccc(F)c(Br)c1. The summed E-state index contributed by atoms with van der Waals surface area (Å²) >= 11 is 3.09. The molecule has 13 heavy (non-hydrogen) atoms. The van der Waals surface area contributed by atoms with Crippen LogP contribution in [0, 0.1) is 5.82 Å². The fraction of sp³-hybridized carbons (Fsp3) is 0.333. The molecule has 0 aliphatic carbocycles. The summed E-state index contributed by atoms with van der Waals surface area (Å²) < 4.78 is 13.3. The van der Waals surface area contributed by atoms with Gasteiger partial charge in [-0.05, 0) is 40.7 Å². The van der Waals surface area contributed by atoms with Crippen LogP contribution in [0.3, 0.4) is 0 Å². The number of rotatable bonds is 3. The largest absolute Gasteiger partial charge is 0.394 e. The number of hydrogen-bond donors (Lipinski definition) is 2. The molecule has 1 rings (SSSR count). The van der Waals surface area contributed by atoms with Crippen LogP contribution in [-0.2, 0) is 0 Å². The summed E-state index contributed by atoms with van der Waals surface area (Å²) in [4.78, 5) is 0. The van der Waals surface area contributed by atoms with Crippen molar-refractivity contribution in [2.24, 2.45) is 0 Å². The topological polar surface area (TPSA) is 32.3 Å². The number of likely N-dealkylation sites (N-methyl/N-ethyl adjacent to an activating group) is 1. The summed E-state index contributed by atoms with van der Waals surface area (Å²) in [7, 11) is 1.75. The summed E-state index contributed by atoms with van der Waals surface area (Å²) in [5.74, 6) is -0.295. The van der Waals surface area contributed by atoms with Gasteiger partial charge in [-0.15, -0.1) is 0 Å². The molecule has 0 saturated heterocycles. The Labute approximate surface area is 84.9 Å². The van der Waals surface area contributed by atoms with Gasteiger partial charge in [-0.25, -0.2) is 4.39 Å². The highest BCUT2D eigenvalue weighted by molar-refractivity contribution is 9.10. The molecule has 0 aromatic heterocycles. The molecule has 2 N–H and O–H groups in total. The lowest BCUT2D eigenvalue weighted by Crippen LogP contribution is -2.19. The second kappa shape index (κ2) is 4.69. The predicted octanol–water partition coefficient (Wildman–Crippen LogP) is 1.84. The lowest BCUT2D eigenvalue weighted by molar-refractivity contribution is 0.251. The fourth-order valence-electron chi connectivity index (χ4n) is 1.09. The maximum Gasteiger partial charge on any atom is 0.137 e. The molecule has 1 aromatic carbocycles. The van der Waals surface area contributed by atoms with Gasteiger partial charge < -0.3 is 10.4 Å². The lowest BCUT2D eigenvalue weighted by Gasteiger charge is -2.13. The number of aliphatic hydroxyl groups is 1. The monoisotopic (exact) mass is 247 g/mol. The molecule has 0 aliphatic heterocycles. The highest BCUT2D eigenvalue weighted by atomic mass is 79.9. The molecule has 0 heterocycles. The minimum atomic E-state index is -0.295. The van der Waals surface area contributed by atoms with Gasteiger partial charge in [-0.1, -0.05) is 6.07 Å². The van der Waals surface area contributed by atoms with Crippen molar-refractivity contribution in [1.29, 1.82) is 0 Å². The first-order valence-electron chi connectivity index (χ1n) is 3.92. The fourth-order valence-corrected chi connectivity index (χ4v) is 1.49. The van der Waals surface area contributed by atoms with Crippen molar-refractivity contribution in [3.8, 4) is 0 Å². The van der Waals surface area contributed by atoms with E-state index in [1.54, 1.807) is 19.2 Å². The highest BCUT2D eigenvalue weighted by Gasteiger charge is 2.09. The van der Waals surface area contributed by atoms with Crippen LogP contribution in [0.1, 0.15) is 11.6 Å². The first kappa shape index (κ1) is 10.6. The molecule has 1 unspecified atom stereocenters. The molecular formula is C9H11BrFNO. The summed E-state index contributed by atoms with van der Waals surface area (Å²) in [5, 5.41) is 11.9. The van der Waals surface area contributed by atoms with Crippen molar-refractivity contribution in [3.05, 3.63) is 34.1 Å². The van der Waals surface area contributed by atoms with Gasteiger partial charge in [0.05, 0.1) is 17.1 Å². The van der Waals surface area contributed by atoms with Gasteiger partial charge in [-0.2, -0.15) is 0 Å². The molecule has 2 nitrogen and oxygen atoms in total. The number of halogens is 2. The summed E-state index contributed by atoms with van der Waals surface area (Å²) in [6, 6.07) is 4.54. The quantitative estimate of drug-likeness (QED) is 0.855. The van der Waals surface area contributed by atoms with Gasteiger partial charge in [0.15, 0.2) is 0 Å².